The zero-order valence-corrected chi connectivity index (χ0v) is 11.8. The summed E-state index contributed by atoms with van der Waals surface area (Å²) in [5.41, 5.74) is 8.45. The average molecular weight is 272 g/mol. The number of methoxy groups -OCH3 is 1. The Morgan fingerprint density at radius 3 is 2.50 bits per heavy atom. The molecular formula is C14H18N5O+. The van der Waals surface area contributed by atoms with E-state index in [-0.39, 0.29) is 0 Å². The molecule has 0 bridgehead atoms. The topological polar surface area (TPSA) is 87.0 Å². The number of ether oxygens (including phenoxy) is 1. The van der Waals surface area contributed by atoms with Crippen molar-refractivity contribution in [2.75, 3.05) is 12.4 Å². The van der Waals surface area contributed by atoms with Gasteiger partial charge >= 0.3 is 5.95 Å². The van der Waals surface area contributed by atoms with Crippen LogP contribution in [0.2, 0.25) is 0 Å². The number of anilines is 1. The van der Waals surface area contributed by atoms with Crippen LogP contribution in [0.4, 0.5) is 11.6 Å². The summed E-state index contributed by atoms with van der Waals surface area (Å²) in [6, 6.07) is 9.40. The van der Waals surface area contributed by atoms with Gasteiger partial charge in [0, 0.05) is 6.07 Å². The number of guanidine groups is 1. The van der Waals surface area contributed by atoms with E-state index < -0.39 is 0 Å². The molecule has 0 saturated carbocycles. The van der Waals surface area contributed by atoms with Crippen LogP contribution in [-0.2, 0) is 0 Å². The lowest BCUT2D eigenvalue weighted by Gasteiger charge is -2.06. The van der Waals surface area contributed by atoms with Crippen molar-refractivity contribution in [1.29, 1.82) is 0 Å². The molecule has 20 heavy (non-hydrogen) atoms. The molecule has 6 heteroatoms. The van der Waals surface area contributed by atoms with Crippen LogP contribution < -0.4 is 20.8 Å². The van der Waals surface area contributed by atoms with Crippen molar-refractivity contribution in [2.24, 2.45) is 5.73 Å². The third-order valence-electron chi connectivity index (χ3n) is 2.61. The van der Waals surface area contributed by atoms with E-state index in [1.54, 1.807) is 7.11 Å². The van der Waals surface area contributed by atoms with Gasteiger partial charge in [-0.3, -0.25) is 5.32 Å². The number of aryl methyl sites for hydroxylation is 2. The summed E-state index contributed by atoms with van der Waals surface area (Å²) in [4.78, 5) is 11.5. The van der Waals surface area contributed by atoms with E-state index >= 15 is 0 Å². The maximum absolute atomic E-state index is 5.92. The first-order chi connectivity index (χ1) is 9.58. The summed E-state index contributed by atoms with van der Waals surface area (Å²) in [5.74, 6) is 1.50. The van der Waals surface area contributed by atoms with Crippen molar-refractivity contribution >= 4 is 17.6 Å². The van der Waals surface area contributed by atoms with E-state index in [1.807, 2.05) is 44.2 Å². The molecule has 0 saturated heterocycles. The molecule has 104 valence electrons. The summed E-state index contributed by atoms with van der Waals surface area (Å²) in [6.45, 7) is 3.81. The van der Waals surface area contributed by atoms with Crippen LogP contribution in [-0.4, -0.2) is 23.0 Å². The predicted molar refractivity (Wildman–Crippen MR) is 77.9 cm³/mol. The summed E-state index contributed by atoms with van der Waals surface area (Å²) < 4.78 is 5.24. The molecule has 2 aromatic rings. The van der Waals surface area contributed by atoms with Gasteiger partial charge in [-0.25, -0.2) is 4.99 Å². The van der Waals surface area contributed by atoms with Crippen LogP contribution >= 0.6 is 0 Å². The first kappa shape index (κ1) is 13.8. The number of rotatable bonds is 3. The van der Waals surface area contributed by atoms with Crippen LogP contribution in [0.25, 0.3) is 0 Å². The van der Waals surface area contributed by atoms with Crippen LogP contribution in [0.15, 0.2) is 30.3 Å². The third kappa shape index (κ3) is 3.44. The Hall–Kier alpha value is -2.63. The van der Waals surface area contributed by atoms with Gasteiger partial charge in [0.2, 0.25) is 0 Å². The minimum atomic E-state index is 0.333. The molecule has 1 heterocycles. The minimum absolute atomic E-state index is 0.333. The van der Waals surface area contributed by atoms with Crippen LogP contribution in [0.3, 0.4) is 0 Å². The van der Waals surface area contributed by atoms with Gasteiger partial charge in [-0.1, -0.05) is 12.1 Å². The number of hydrogen-bond donors (Lipinski definition) is 3. The van der Waals surface area contributed by atoms with Gasteiger partial charge in [0.15, 0.2) is 5.75 Å². The Balaban J connectivity index is 2.22. The molecule has 0 unspecified atom stereocenters. The molecule has 0 fully saturated rings. The second-order valence-electron chi connectivity index (χ2n) is 4.34. The van der Waals surface area contributed by atoms with Gasteiger partial charge in [-0.2, -0.15) is 0 Å². The van der Waals surface area contributed by atoms with E-state index in [0.717, 1.165) is 17.1 Å². The smallest absolute Gasteiger partial charge is 0.354 e. The van der Waals surface area contributed by atoms with Crippen LogP contribution in [0, 0.1) is 13.8 Å². The van der Waals surface area contributed by atoms with Crippen molar-refractivity contribution in [3.63, 3.8) is 0 Å². The van der Waals surface area contributed by atoms with E-state index in [9.17, 15) is 0 Å². The van der Waals surface area contributed by atoms with Gasteiger partial charge in [0.1, 0.15) is 5.69 Å². The third-order valence-corrected chi connectivity index (χ3v) is 2.61. The van der Waals surface area contributed by atoms with Gasteiger partial charge in [0.05, 0.1) is 18.5 Å². The first-order valence-electron chi connectivity index (χ1n) is 6.20. The molecule has 4 N–H and O–H groups in total. The number of benzene rings is 1. The number of aromatic nitrogens is 2. The SMILES string of the molecule is COc1ccccc1NC(N)=[NH+]c1nc(C)cc(C)n1. The Morgan fingerprint density at radius 1 is 1.20 bits per heavy atom. The van der Waals surface area contributed by atoms with Gasteiger partial charge < -0.3 is 10.5 Å². The van der Waals surface area contributed by atoms with Crippen LogP contribution in [0.1, 0.15) is 11.4 Å². The minimum Gasteiger partial charge on any atom is -0.494 e. The zero-order valence-electron chi connectivity index (χ0n) is 11.8. The molecule has 0 aliphatic rings. The second kappa shape index (κ2) is 6.01. The van der Waals surface area contributed by atoms with Gasteiger partial charge in [0.25, 0.3) is 5.96 Å². The molecule has 0 atom stereocenters. The monoisotopic (exact) mass is 272 g/mol. The molecule has 6 nitrogen and oxygen atoms in total. The molecule has 0 aliphatic heterocycles. The average Bonchev–Trinajstić information content (AvgIpc) is 2.37. The molecule has 1 aromatic carbocycles. The Bertz CT molecular complexity index is 619. The first-order valence-corrected chi connectivity index (χ1v) is 6.20. The summed E-state index contributed by atoms with van der Waals surface area (Å²) in [5, 5.41) is 3.03. The molecule has 1 aromatic heterocycles. The fourth-order valence-corrected chi connectivity index (χ4v) is 1.83. The molecular weight excluding hydrogens is 254 g/mol. The highest BCUT2D eigenvalue weighted by Gasteiger charge is 2.08. The fraction of sp³-hybridized carbons (Fsp3) is 0.214. The molecule has 0 aliphatic carbocycles. The maximum Gasteiger partial charge on any atom is 0.354 e. The number of hydrogen-bond acceptors (Lipinski definition) is 3. The summed E-state index contributed by atoms with van der Waals surface area (Å²) in [6.07, 6.45) is 0. The Kier molecular flexibility index (Phi) is 4.14. The lowest BCUT2D eigenvalue weighted by Crippen LogP contribution is -2.72. The highest BCUT2D eigenvalue weighted by Crippen LogP contribution is 2.22. The van der Waals surface area contributed by atoms with Crippen molar-refractivity contribution in [3.05, 3.63) is 41.7 Å². The lowest BCUT2D eigenvalue weighted by atomic mass is 10.3. The highest BCUT2D eigenvalue weighted by atomic mass is 16.5. The standard InChI is InChI=1S/C14H17N5O/c1-9-8-10(2)17-14(16-9)19-13(15)18-11-6-4-5-7-12(11)20-3/h4-8H,1-3H3,(H3,15,16,17,18,19)/p+1. The van der Waals surface area contributed by atoms with Crippen molar-refractivity contribution in [3.8, 4) is 5.75 Å². The number of nitrogens with zero attached hydrogens (tertiary/aromatic N) is 2. The van der Waals surface area contributed by atoms with E-state index in [1.165, 1.54) is 0 Å². The molecule has 2 rings (SSSR count). The van der Waals surface area contributed by atoms with E-state index in [4.69, 9.17) is 10.5 Å². The fourth-order valence-electron chi connectivity index (χ4n) is 1.83. The molecule has 0 spiro atoms. The van der Waals surface area contributed by atoms with E-state index in [2.05, 4.69) is 20.3 Å². The Morgan fingerprint density at radius 2 is 1.85 bits per heavy atom. The summed E-state index contributed by atoms with van der Waals surface area (Å²) >= 11 is 0. The second-order valence-corrected chi connectivity index (χ2v) is 4.34. The highest BCUT2D eigenvalue weighted by molar-refractivity contribution is 5.89. The van der Waals surface area contributed by atoms with Gasteiger partial charge in [-0.05, 0) is 26.0 Å². The predicted octanol–water partition coefficient (Wildman–Crippen LogP) is 0.241. The quantitative estimate of drug-likeness (QED) is 0.550. The summed E-state index contributed by atoms with van der Waals surface area (Å²) in [7, 11) is 1.61. The van der Waals surface area contributed by atoms with Crippen LogP contribution in [0.5, 0.6) is 5.75 Å². The molecule has 0 amide bonds. The van der Waals surface area contributed by atoms with Gasteiger partial charge in [-0.15, -0.1) is 9.97 Å². The number of nitrogens with two attached hydrogens (primary N) is 1. The zero-order chi connectivity index (χ0) is 14.5. The Labute approximate surface area is 117 Å². The van der Waals surface area contributed by atoms with E-state index in [0.29, 0.717) is 17.7 Å². The van der Waals surface area contributed by atoms with Crippen molar-refractivity contribution in [1.82, 2.24) is 9.97 Å². The lowest BCUT2D eigenvalue weighted by molar-refractivity contribution is -0.365. The van der Waals surface area contributed by atoms with Crippen molar-refractivity contribution < 1.29 is 9.73 Å². The normalized spacial score (nSPS) is 11.2. The molecule has 0 radical (unpaired) electrons. The number of para-hydroxylation sites is 2. The maximum atomic E-state index is 5.92. The largest absolute Gasteiger partial charge is 0.494 e. The van der Waals surface area contributed by atoms with Crippen molar-refractivity contribution in [2.45, 2.75) is 13.8 Å². The number of nitrogens with one attached hydrogen (secondary N) is 2.